The van der Waals surface area contributed by atoms with E-state index in [-0.39, 0.29) is 43.3 Å². The summed E-state index contributed by atoms with van der Waals surface area (Å²) in [5.74, 6) is -4.75. The number of carbonyl (C=O) groups excluding carboxylic acids is 3. The van der Waals surface area contributed by atoms with Gasteiger partial charge in [0.25, 0.3) is 0 Å². The lowest BCUT2D eigenvalue weighted by Crippen LogP contribution is -2.62. The molecule has 2 heterocycles. The molecule has 3 aromatic rings. The van der Waals surface area contributed by atoms with Crippen molar-refractivity contribution in [2.45, 2.75) is 82.3 Å². The van der Waals surface area contributed by atoms with Gasteiger partial charge in [-0.3, -0.25) is 14.4 Å². The molecule has 2 atom stereocenters. The van der Waals surface area contributed by atoms with Crippen LogP contribution in [0.15, 0.2) is 66.2 Å². The summed E-state index contributed by atoms with van der Waals surface area (Å²) in [5.41, 5.74) is 3.95. The van der Waals surface area contributed by atoms with E-state index in [9.17, 15) is 27.6 Å². The third-order valence-electron chi connectivity index (χ3n) is 9.96. The summed E-state index contributed by atoms with van der Waals surface area (Å²) in [7, 11) is 0. The number of nitrogens with one attached hydrogen (secondary N) is 2. The maximum Gasteiger partial charge on any atom is 0.305 e. The molecular weight excluding hydrogens is 695 g/mol. The monoisotopic (exact) mass is 737 g/mol. The summed E-state index contributed by atoms with van der Waals surface area (Å²) in [5, 5.41) is 7.61. The van der Waals surface area contributed by atoms with Gasteiger partial charge in [-0.15, -0.1) is 0 Å². The van der Waals surface area contributed by atoms with Crippen LogP contribution in [0.4, 0.5) is 13.2 Å². The van der Waals surface area contributed by atoms with Crippen LogP contribution >= 0.6 is 11.6 Å². The zero-order valence-corrected chi connectivity index (χ0v) is 29.9. The van der Waals surface area contributed by atoms with Crippen molar-refractivity contribution in [2.24, 2.45) is 0 Å². The predicted octanol–water partition coefficient (Wildman–Crippen LogP) is 6.72. The Morgan fingerprint density at radius 1 is 0.962 bits per heavy atom. The second-order valence-corrected chi connectivity index (χ2v) is 14.2. The third kappa shape index (κ3) is 8.98. The summed E-state index contributed by atoms with van der Waals surface area (Å²) in [4.78, 5) is 41.3. The van der Waals surface area contributed by atoms with Gasteiger partial charge in [-0.05, 0) is 92.3 Å². The summed E-state index contributed by atoms with van der Waals surface area (Å²) < 4.78 is 51.6. The molecule has 12 heteroatoms. The fourth-order valence-corrected chi connectivity index (χ4v) is 7.34. The molecule has 0 radical (unpaired) electrons. The normalized spacial score (nSPS) is 18.9. The van der Waals surface area contributed by atoms with Crippen molar-refractivity contribution in [3.8, 4) is 5.75 Å². The van der Waals surface area contributed by atoms with Gasteiger partial charge in [-0.25, -0.2) is 8.78 Å². The van der Waals surface area contributed by atoms with E-state index in [0.29, 0.717) is 62.4 Å². The predicted molar refractivity (Wildman–Crippen MR) is 191 cm³/mol. The largest absolute Gasteiger partial charge is 0.488 e. The lowest BCUT2D eigenvalue weighted by Gasteiger charge is -2.44. The standard InChI is InChI=1S/C40H43ClF3N3O5/c1-2-51-35(49)11-5-10-34(48)47-23-28-21-29(26-14-12-25(13-15-26)7-6-20-52-38-32(43)17-16-31(42)37(38)44)36(33(24-47)45-28)39(50)46-40(18-19-40)22-27-8-3-4-9-30(27)41/h3-4,8-9,12-17,28,33,45H,2,5-7,10-11,18-24H2,1H3,(H,46,50)/t28-,33-/m1/s1. The number of fused-ring (bicyclic) bond motifs is 2. The Morgan fingerprint density at radius 2 is 1.71 bits per heavy atom. The van der Waals surface area contributed by atoms with Crippen LogP contribution in [-0.2, 0) is 32.0 Å². The minimum atomic E-state index is -1.35. The summed E-state index contributed by atoms with van der Waals surface area (Å²) in [6.07, 6.45) is 4.58. The number of amides is 2. The molecule has 8 nitrogen and oxygen atoms in total. The topological polar surface area (TPSA) is 97.0 Å². The maximum absolute atomic E-state index is 14.3. The van der Waals surface area contributed by atoms with Crippen LogP contribution in [0, 0.1) is 17.5 Å². The number of carbonyl (C=O) groups is 3. The SMILES string of the molecule is CCOC(=O)CCCC(=O)N1C[C@H]2CC(c3ccc(CCCOc4c(F)ccc(F)c4F)cc3)=C(C(=O)NC3(Cc4ccccc4Cl)CC3)[C@@H](C1)N2. The first-order valence-electron chi connectivity index (χ1n) is 17.9. The fraction of sp³-hybridized carbons (Fsp3) is 0.425. The van der Waals surface area contributed by atoms with Crippen molar-refractivity contribution in [1.29, 1.82) is 0 Å². The van der Waals surface area contributed by atoms with Crippen molar-refractivity contribution in [2.75, 3.05) is 26.3 Å². The first-order valence-corrected chi connectivity index (χ1v) is 18.3. The molecule has 3 aliphatic rings. The first-order chi connectivity index (χ1) is 25.1. The smallest absolute Gasteiger partial charge is 0.305 e. The Morgan fingerprint density at radius 3 is 2.44 bits per heavy atom. The number of ether oxygens (including phenoxy) is 2. The number of aryl methyl sites for hydroxylation is 1. The number of halogens is 4. The summed E-state index contributed by atoms with van der Waals surface area (Å²) in [6, 6.07) is 16.6. The molecule has 2 aliphatic heterocycles. The van der Waals surface area contributed by atoms with E-state index >= 15 is 0 Å². The average Bonchev–Trinajstić information content (AvgIpc) is 3.88. The van der Waals surface area contributed by atoms with Crippen LogP contribution in [0.1, 0.15) is 68.6 Å². The summed E-state index contributed by atoms with van der Waals surface area (Å²) in [6.45, 7) is 2.85. The van der Waals surface area contributed by atoms with E-state index in [4.69, 9.17) is 21.1 Å². The Balaban J connectivity index is 1.17. The zero-order chi connectivity index (χ0) is 36.8. The number of piperazine rings is 1. The lowest BCUT2D eigenvalue weighted by molar-refractivity contribution is -0.143. The molecule has 276 valence electrons. The van der Waals surface area contributed by atoms with Crippen molar-refractivity contribution < 1.29 is 37.0 Å². The van der Waals surface area contributed by atoms with Crippen molar-refractivity contribution >= 4 is 35.0 Å². The second kappa shape index (κ2) is 16.5. The van der Waals surface area contributed by atoms with Gasteiger partial charge in [-0.2, -0.15) is 4.39 Å². The molecule has 52 heavy (non-hydrogen) atoms. The van der Waals surface area contributed by atoms with Crippen molar-refractivity contribution in [1.82, 2.24) is 15.5 Å². The van der Waals surface area contributed by atoms with Gasteiger partial charge in [0, 0.05) is 48.1 Å². The van der Waals surface area contributed by atoms with Gasteiger partial charge >= 0.3 is 5.97 Å². The highest BCUT2D eigenvalue weighted by Crippen LogP contribution is 2.41. The van der Waals surface area contributed by atoms with Gasteiger partial charge in [-0.1, -0.05) is 54.1 Å². The number of rotatable bonds is 15. The van der Waals surface area contributed by atoms with E-state index in [1.54, 1.807) is 11.8 Å². The quantitative estimate of drug-likeness (QED) is 0.102. The van der Waals surface area contributed by atoms with E-state index in [2.05, 4.69) is 10.6 Å². The number of hydrogen-bond acceptors (Lipinski definition) is 6. The number of benzene rings is 3. The fourth-order valence-electron chi connectivity index (χ4n) is 7.14. The highest BCUT2D eigenvalue weighted by molar-refractivity contribution is 6.31. The van der Waals surface area contributed by atoms with Crippen LogP contribution in [0.2, 0.25) is 5.02 Å². The Labute approximate surface area is 306 Å². The highest BCUT2D eigenvalue weighted by Gasteiger charge is 2.47. The van der Waals surface area contributed by atoms with Gasteiger partial charge in [0.1, 0.15) is 0 Å². The number of hydrogen-bond donors (Lipinski definition) is 2. The zero-order valence-electron chi connectivity index (χ0n) is 29.1. The molecule has 6 rings (SSSR count). The minimum absolute atomic E-state index is 0.00245. The molecule has 2 fully saturated rings. The Bertz CT molecular complexity index is 1830. The van der Waals surface area contributed by atoms with Gasteiger partial charge in [0.2, 0.25) is 17.6 Å². The van der Waals surface area contributed by atoms with Crippen molar-refractivity contribution in [3.63, 3.8) is 0 Å². The van der Waals surface area contributed by atoms with Gasteiger partial charge in [0.15, 0.2) is 17.4 Å². The van der Waals surface area contributed by atoms with Crippen LogP contribution < -0.4 is 15.4 Å². The Kier molecular flexibility index (Phi) is 11.9. The van der Waals surface area contributed by atoms with E-state index in [1.165, 1.54) is 0 Å². The minimum Gasteiger partial charge on any atom is -0.488 e. The van der Waals surface area contributed by atoms with E-state index < -0.39 is 34.8 Å². The van der Waals surface area contributed by atoms with Crippen LogP contribution in [-0.4, -0.2) is 66.6 Å². The van der Waals surface area contributed by atoms with E-state index in [0.717, 1.165) is 47.2 Å². The van der Waals surface area contributed by atoms with Crippen LogP contribution in [0.5, 0.6) is 5.75 Å². The van der Waals surface area contributed by atoms with Gasteiger partial charge < -0.3 is 25.0 Å². The summed E-state index contributed by atoms with van der Waals surface area (Å²) >= 11 is 6.48. The molecule has 0 aromatic heterocycles. The number of nitrogens with zero attached hydrogens (tertiary/aromatic N) is 1. The molecule has 1 saturated heterocycles. The molecular formula is C40H43ClF3N3O5. The molecule has 0 unspecified atom stereocenters. The Hall–Kier alpha value is -4.35. The van der Waals surface area contributed by atoms with Crippen LogP contribution in [0.25, 0.3) is 5.57 Å². The average molecular weight is 738 g/mol. The first kappa shape index (κ1) is 37.4. The molecule has 2 bridgehead atoms. The van der Waals surface area contributed by atoms with E-state index in [1.807, 2.05) is 48.5 Å². The molecule has 2 N–H and O–H groups in total. The molecule has 2 amide bonds. The molecule has 3 aromatic carbocycles. The van der Waals surface area contributed by atoms with Crippen LogP contribution in [0.3, 0.4) is 0 Å². The molecule has 1 saturated carbocycles. The molecule has 1 aliphatic carbocycles. The number of esters is 1. The van der Waals surface area contributed by atoms with Crippen molar-refractivity contribution in [3.05, 3.63) is 105 Å². The van der Waals surface area contributed by atoms with Gasteiger partial charge in [0.05, 0.1) is 19.3 Å². The second-order valence-electron chi connectivity index (χ2n) is 13.8. The highest BCUT2D eigenvalue weighted by atomic mass is 35.5. The third-order valence-corrected chi connectivity index (χ3v) is 10.3. The maximum atomic E-state index is 14.3. The lowest BCUT2D eigenvalue weighted by atomic mass is 9.82. The molecule has 0 spiro atoms.